The maximum Gasteiger partial charge on any atom is 0.334 e. The number of hydrogen-bond acceptors (Lipinski definition) is 5. The lowest BCUT2D eigenvalue weighted by molar-refractivity contribution is 0.243. The fraction of sp³-hybridized carbons (Fsp3) is 0.167. The summed E-state index contributed by atoms with van der Waals surface area (Å²) in [6, 6.07) is 0.693. The summed E-state index contributed by atoms with van der Waals surface area (Å²) in [5.74, 6) is -1.27. The van der Waals surface area contributed by atoms with E-state index in [1.165, 1.54) is 26.2 Å². The summed E-state index contributed by atoms with van der Waals surface area (Å²) in [5.41, 5.74) is 2.82. The molecular weight excluding hydrogens is 300 g/mol. The topological polar surface area (TPSA) is 79.3 Å². The third kappa shape index (κ3) is 3.57. The van der Waals surface area contributed by atoms with Crippen molar-refractivity contribution in [3.63, 3.8) is 0 Å². The number of hydrazone groups is 1. The van der Waals surface area contributed by atoms with Crippen LogP contribution in [0.25, 0.3) is 10.6 Å². The smallest absolute Gasteiger partial charge is 0.334 e. The predicted molar refractivity (Wildman–Crippen MR) is 75.1 cm³/mol. The third-order valence-electron chi connectivity index (χ3n) is 2.42. The molecule has 2 N–H and O–H groups in total. The molecular formula is C12H11F2N5OS. The first-order valence-electron chi connectivity index (χ1n) is 5.81. The second-order valence-electron chi connectivity index (χ2n) is 3.92. The standard InChI is InChI=1S/C12H11F2N5OS/c1-6(18-19-12(20)15-2)9-10(14)17-11(21-9)7-3-8(13)5-16-4-7/h3-5H,1-2H3,(H2,15,19,20)/b18-6+. The first kappa shape index (κ1) is 15.0. The Balaban J connectivity index is 2.29. The molecule has 110 valence electrons. The Bertz CT molecular complexity index is 701. The van der Waals surface area contributed by atoms with Crippen molar-refractivity contribution < 1.29 is 13.6 Å². The number of pyridine rings is 1. The third-order valence-corrected chi connectivity index (χ3v) is 3.61. The molecule has 9 heteroatoms. The van der Waals surface area contributed by atoms with Crippen molar-refractivity contribution in [3.8, 4) is 10.6 Å². The van der Waals surface area contributed by atoms with Crippen LogP contribution in [-0.2, 0) is 0 Å². The highest BCUT2D eigenvalue weighted by molar-refractivity contribution is 7.17. The molecule has 0 aliphatic rings. The first-order chi connectivity index (χ1) is 10.0. The van der Waals surface area contributed by atoms with E-state index < -0.39 is 17.8 Å². The fourth-order valence-corrected chi connectivity index (χ4v) is 2.29. The molecule has 2 rings (SSSR count). The van der Waals surface area contributed by atoms with Crippen LogP contribution >= 0.6 is 11.3 Å². The number of aromatic nitrogens is 2. The Morgan fingerprint density at radius 2 is 2.14 bits per heavy atom. The number of rotatable bonds is 3. The van der Waals surface area contributed by atoms with Gasteiger partial charge in [0.2, 0.25) is 5.95 Å². The van der Waals surface area contributed by atoms with Gasteiger partial charge in [-0.25, -0.2) is 19.6 Å². The van der Waals surface area contributed by atoms with Crippen LogP contribution in [0.4, 0.5) is 13.6 Å². The molecule has 0 aliphatic carbocycles. The van der Waals surface area contributed by atoms with E-state index in [1.807, 2.05) is 0 Å². The van der Waals surface area contributed by atoms with Gasteiger partial charge in [0.15, 0.2) is 0 Å². The lowest BCUT2D eigenvalue weighted by atomic mass is 10.3. The van der Waals surface area contributed by atoms with Crippen molar-refractivity contribution in [3.05, 3.63) is 35.1 Å². The fourth-order valence-electron chi connectivity index (χ4n) is 1.42. The van der Waals surface area contributed by atoms with Gasteiger partial charge < -0.3 is 5.32 Å². The molecule has 2 aromatic rings. The molecule has 0 aliphatic heterocycles. The van der Waals surface area contributed by atoms with Crippen molar-refractivity contribution in [2.75, 3.05) is 7.05 Å². The van der Waals surface area contributed by atoms with Crippen molar-refractivity contribution in [1.29, 1.82) is 0 Å². The van der Waals surface area contributed by atoms with Gasteiger partial charge in [-0.2, -0.15) is 9.49 Å². The van der Waals surface area contributed by atoms with Crippen molar-refractivity contribution in [2.45, 2.75) is 6.92 Å². The second kappa shape index (κ2) is 6.35. The molecule has 2 aromatic heterocycles. The number of carbonyl (C=O) groups is 1. The average Bonchev–Trinajstić information content (AvgIpc) is 2.86. The van der Waals surface area contributed by atoms with Crippen LogP contribution in [0.2, 0.25) is 0 Å². The summed E-state index contributed by atoms with van der Waals surface area (Å²) in [6.45, 7) is 1.53. The lowest BCUT2D eigenvalue weighted by Gasteiger charge is -1.99. The SMILES string of the molecule is CNC(=O)N/N=C(\C)c1sc(-c2cncc(F)c2)nc1F. The Labute approximate surface area is 122 Å². The average molecular weight is 311 g/mol. The van der Waals surface area contributed by atoms with Gasteiger partial charge in [-0.05, 0) is 13.0 Å². The number of carbonyl (C=O) groups excluding carboxylic acids is 1. The van der Waals surface area contributed by atoms with Crippen LogP contribution < -0.4 is 10.7 Å². The van der Waals surface area contributed by atoms with E-state index in [4.69, 9.17) is 0 Å². The molecule has 2 amide bonds. The maximum absolute atomic E-state index is 13.8. The normalized spacial score (nSPS) is 11.3. The molecule has 0 spiro atoms. The summed E-state index contributed by atoms with van der Waals surface area (Å²) in [6.07, 6.45) is 2.44. The number of halogens is 2. The van der Waals surface area contributed by atoms with E-state index in [-0.39, 0.29) is 15.6 Å². The summed E-state index contributed by atoms with van der Waals surface area (Å²) >= 11 is 0.993. The van der Waals surface area contributed by atoms with Crippen LogP contribution in [0, 0.1) is 11.8 Å². The van der Waals surface area contributed by atoms with Crippen LogP contribution in [-0.4, -0.2) is 28.8 Å². The monoisotopic (exact) mass is 311 g/mol. The molecule has 0 aromatic carbocycles. The minimum atomic E-state index is -0.737. The van der Waals surface area contributed by atoms with Gasteiger partial charge in [0.05, 0.1) is 11.9 Å². The quantitative estimate of drug-likeness (QED) is 0.673. The molecule has 2 heterocycles. The summed E-state index contributed by atoms with van der Waals surface area (Å²) in [4.78, 5) is 18.6. The number of nitrogens with zero attached hydrogens (tertiary/aromatic N) is 3. The first-order valence-corrected chi connectivity index (χ1v) is 6.62. The van der Waals surface area contributed by atoms with E-state index in [0.717, 1.165) is 17.5 Å². The van der Waals surface area contributed by atoms with Gasteiger partial charge in [0.25, 0.3) is 0 Å². The van der Waals surface area contributed by atoms with E-state index >= 15 is 0 Å². The van der Waals surface area contributed by atoms with Crippen LogP contribution in [0.3, 0.4) is 0 Å². The minimum absolute atomic E-state index is 0.158. The van der Waals surface area contributed by atoms with Gasteiger partial charge in [0, 0.05) is 18.8 Å². The molecule has 0 saturated heterocycles. The van der Waals surface area contributed by atoms with Crippen LogP contribution in [0.1, 0.15) is 11.8 Å². The maximum atomic E-state index is 13.8. The number of amides is 2. The van der Waals surface area contributed by atoms with Gasteiger partial charge in [-0.1, -0.05) is 0 Å². The zero-order valence-corrected chi connectivity index (χ0v) is 12.0. The number of thiazole rings is 1. The van der Waals surface area contributed by atoms with E-state index in [9.17, 15) is 13.6 Å². The molecule has 0 fully saturated rings. The van der Waals surface area contributed by atoms with Gasteiger partial charge in [-0.15, -0.1) is 11.3 Å². The van der Waals surface area contributed by atoms with E-state index in [0.29, 0.717) is 5.56 Å². The van der Waals surface area contributed by atoms with Gasteiger partial charge in [0.1, 0.15) is 15.7 Å². The van der Waals surface area contributed by atoms with Crippen molar-refractivity contribution in [2.24, 2.45) is 5.10 Å². The molecule has 0 bridgehead atoms. The zero-order chi connectivity index (χ0) is 15.4. The number of nitrogens with one attached hydrogen (secondary N) is 2. The summed E-state index contributed by atoms with van der Waals surface area (Å²) in [5, 5.41) is 6.34. The molecule has 0 saturated carbocycles. The summed E-state index contributed by atoms with van der Waals surface area (Å²) in [7, 11) is 1.43. The molecule has 0 unspecified atom stereocenters. The van der Waals surface area contributed by atoms with Gasteiger partial charge >= 0.3 is 6.03 Å². The van der Waals surface area contributed by atoms with Crippen molar-refractivity contribution in [1.82, 2.24) is 20.7 Å². The Morgan fingerprint density at radius 1 is 1.38 bits per heavy atom. The van der Waals surface area contributed by atoms with Crippen LogP contribution in [0.15, 0.2) is 23.6 Å². The largest absolute Gasteiger partial charge is 0.340 e. The lowest BCUT2D eigenvalue weighted by Crippen LogP contribution is -2.29. The van der Waals surface area contributed by atoms with E-state index in [2.05, 4.69) is 25.8 Å². The number of hydrogen-bond donors (Lipinski definition) is 2. The summed E-state index contributed by atoms with van der Waals surface area (Å²) < 4.78 is 26.9. The van der Waals surface area contributed by atoms with Crippen LogP contribution in [0.5, 0.6) is 0 Å². The van der Waals surface area contributed by atoms with E-state index in [1.54, 1.807) is 0 Å². The molecule has 0 radical (unpaired) electrons. The molecule has 0 atom stereocenters. The second-order valence-corrected chi connectivity index (χ2v) is 4.92. The number of urea groups is 1. The Morgan fingerprint density at radius 3 is 2.81 bits per heavy atom. The Kier molecular flexibility index (Phi) is 4.53. The highest BCUT2D eigenvalue weighted by atomic mass is 32.1. The molecule has 6 nitrogen and oxygen atoms in total. The Hall–Kier alpha value is -2.42. The highest BCUT2D eigenvalue weighted by Crippen LogP contribution is 2.27. The highest BCUT2D eigenvalue weighted by Gasteiger charge is 2.15. The van der Waals surface area contributed by atoms with Crippen molar-refractivity contribution >= 4 is 23.1 Å². The molecule has 21 heavy (non-hydrogen) atoms. The zero-order valence-electron chi connectivity index (χ0n) is 11.1. The minimum Gasteiger partial charge on any atom is -0.340 e. The predicted octanol–water partition coefficient (Wildman–Crippen LogP) is 2.14. The van der Waals surface area contributed by atoms with Gasteiger partial charge in [-0.3, -0.25) is 4.98 Å².